The van der Waals surface area contributed by atoms with Crippen LogP contribution in [0.1, 0.15) is 24.1 Å². The second-order valence-corrected chi connectivity index (χ2v) is 5.74. The Kier molecular flexibility index (Phi) is 6.57. The first-order valence-corrected chi connectivity index (χ1v) is 8.24. The maximum absolute atomic E-state index is 11.7. The van der Waals surface area contributed by atoms with E-state index in [4.69, 9.17) is 9.90 Å². The molecule has 1 aliphatic rings. The van der Waals surface area contributed by atoms with Crippen LogP contribution in [0.5, 0.6) is 0 Å². The number of rotatable bonds is 4. The highest BCUT2D eigenvalue weighted by molar-refractivity contribution is 5.80. The Morgan fingerprint density at radius 1 is 1.00 bits per heavy atom. The van der Waals surface area contributed by atoms with E-state index in [1.54, 1.807) is 0 Å². The molecule has 144 valence electrons. The van der Waals surface area contributed by atoms with Gasteiger partial charge in [-0.15, -0.1) is 0 Å². The fourth-order valence-electron chi connectivity index (χ4n) is 2.83. The lowest BCUT2D eigenvalue weighted by atomic mass is 10.1. The van der Waals surface area contributed by atoms with Crippen LogP contribution in [0.15, 0.2) is 48.5 Å². The van der Waals surface area contributed by atoms with Gasteiger partial charge in [-0.1, -0.05) is 48.5 Å². The lowest BCUT2D eigenvalue weighted by Crippen LogP contribution is -2.35. The van der Waals surface area contributed by atoms with E-state index in [0.29, 0.717) is 13.1 Å². The van der Waals surface area contributed by atoms with Crippen LogP contribution >= 0.6 is 0 Å². The number of benzene rings is 2. The van der Waals surface area contributed by atoms with Crippen LogP contribution in [0.3, 0.4) is 0 Å². The molecule has 1 amide bonds. The molecule has 0 atom stereocenters. The second kappa shape index (κ2) is 8.68. The highest BCUT2D eigenvalue weighted by atomic mass is 19.4. The van der Waals surface area contributed by atoms with Gasteiger partial charge in [0.2, 0.25) is 5.91 Å². The van der Waals surface area contributed by atoms with Crippen molar-refractivity contribution >= 4 is 11.9 Å². The third kappa shape index (κ3) is 5.07. The molecule has 0 unspecified atom stereocenters. The SMILES string of the molecule is CCNC(=O)CNC1c2ccccc2-c2ccccc21.O=C(O)C(F)(F)F. The topological polar surface area (TPSA) is 78.4 Å². The van der Waals surface area contributed by atoms with Gasteiger partial charge >= 0.3 is 12.1 Å². The van der Waals surface area contributed by atoms with Gasteiger partial charge in [-0.25, -0.2) is 4.79 Å². The van der Waals surface area contributed by atoms with E-state index in [-0.39, 0.29) is 11.9 Å². The van der Waals surface area contributed by atoms with E-state index in [9.17, 15) is 18.0 Å². The molecule has 8 heteroatoms. The number of carbonyl (C=O) groups is 2. The third-order valence-corrected chi connectivity index (χ3v) is 3.92. The zero-order chi connectivity index (χ0) is 20.0. The van der Waals surface area contributed by atoms with Crippen LogP contribution in [0.4, 0.5) is 13.2 Å². The molecule has 3 N–H and O–H groups in total. The normalized spacial score (nSPS) is 12.4. The Labute approximate surface area is 154 Å². The number of hydrogen-bond acceptors (Lipinski definition) is 3. The summed E-state index contributed by atoms with van der Waals surface area (Å²) in [6.45, 7) is 2.93. The summed E-state index contributed by atoms with van der Waals surface area (Å²) >= 11 is 0. The molecule has 2 aromatic rings. The molecule has 0 spiro atoms. The van der Waals surface area contributed by atoms with E-state index in [1.807, 2.05) is 19.1 Å². The van der Waals surface area contributed by atoms with Gasteiger partial charge in [-0.05, 0) is 29.2 Å². The van der Waals surface area contributed by atoms with Gasteiger partial charge in [0.1, 0.15) is 0 Å². The Bertz CT molecular complexity index is 776. The lowest BCUT2D eigenvalue weighted by molar-refractivity contribution is -0.192. The maximum atomic E-state index is 11.7. The van der Waals surface area contributed by atoms with Gasteiger partial charge < -0.3 is 10.4 Å². The summed E-state index contributed by atoms with van der Waals surface area (Å²) in [5.74, 6) is -2.72. The number of carbonyl (C=O) groups excluding carboxylic acids is 1. The van der Waals surface area contributed by atoms with E-state index in [1.165, 1.54) is 22.3 Å². The van der Waals surface area contributed by atoms with Gasteiger partial charge in [-0.3, -0.25) is 10.1 Å². The van der Waals surface area contributed by atoms with Gasteiger partial charge in [0.05, 0.1) is 12.6 Å². The number of likely N-dealkylation sites (N-methyl/N-ethyl adjacent to an activating group) is 1. The molecular weight excluding hydrogens is 361 g/mol. The number of nitrogens with one attached hydrogen (secondary N) is 2. The second-order valence-electron chi connectivity index (χ2n) is 5.74. The predicted octanol–water partition coefficient (Wildman–Crippen LogP) is 3.12. The molecular formula is C19H19F3N2O3. The molecule has 0 aromatic heterocycles. The fourth-order valence-corrected chi connectivity index (χ4v) is 2.83. The summed E-state index contributed by atoms with van der Waals surface area (Å²) in [5.41, 5.74) is 5.02. The monoisotopic (exact) mass is 380 g/mol. The van der Waals surface area contributed by atoms with Gasteiger partial charge in [-0.2, -0.15) is 13.2 Å². The highest BCUT2D eigenvalue weighted by Gasteiger charge is 2.38. The molecule has 0 fully saturated rings. The van der Waals surface area contributed by atoms with Crippen LogP contribution in [0.2, 0.25) is 0 Å². The van der Waals surface area contributed by atoms with Crippen LogP contribution in [0.25, 0.3) is 11.1 Å². The molecule has 1 aliphatic carbocycles. The van der Waals surface area contributed by atoms with Gasteiger partial charge in [0.15, 0.2) is 0 Å². The Morgan fingerprint density at radius 3 is 1.85 bits per heavy atom. The number of hydrogen-bond donors (Lipinski definition) is 3. The summed E-state index contributed by atoms with van der Waals surface area (Å²) in [5, 5.41) is 13.3. The minimum Gasteiger partial charge on any atom is -0.475 e. The maximum Gasteiger partial charge on any atom is 0.490 e. The first kappa shape index (κ1) is 20.4. The molecule has 2 aromatic carbocycles. The standard InChI is InChI=1S/C17H18N2O.C2HF3O2/c1-2-18-16(20)11-19-17-14-9-5-3-7-12(14)13-8-4-6-10-15(13)17;3-2(4,5)1(6)7/h3-10,17,19H,2,11H2,1H3,(H,18,20);(H,6,7). The number of fused-ring (bicyclic) bond motifs is 3. The third-order valence-electron chi connectivity index (χ3n) is 3.92. The number of carboxylic acids is 1. The van der Waals surface area contributed by atoms with E-state index in [0.717, 1.165) is 0 Å². The molecule has 3 rings (SSSR count). The predicted molar refractivity (Wildman–Crippen MR) is 94.1 cm³/mol. The first-order valence-electron chi connectivity index (χ1n) is 8.24. The molecule has 5 nitrogen and oxygen atoms in total. The number of carboxylic acid groups (broad SMARTS) is 1. The number of alkyl halides is 3. The quantitative estimate of drug-likeness (QED) is 0.762. The lowest BCUT2D eigenvalue weighted by Gasteiger charge is -2.15. The van der Waals surface area contributed by atoms with Gasteiger partial charge in [0.25, 0.3) is 0 Å². The van der Waals surface area contributed by atoms with Crippen molar-refractivity contribution in [3.05, 3.63) is 59.7 Å². The summed E-state index contributed by atoms with van der Waals surface area (Å²) in [7, 11) is 0. The van der Waals surface area contributed by atoms with Crippen molar-refractivity contribution in [3.63, 3.8) is 0 Å². The fraction of sp³-hybridized carbons (Fsp3) is 0.263. The van der Waals surface area contributed by atoms with Crippen LogP contribution in [0, 0.1) is 0 Å². The Balaban J connectivity index is 0.000000321. The van der Waals surface area contributed by atoms with E-state index in [2.05, 4.69) is 47.0 Å². The Hall–Kier alpha value is -2.87. The zero-order valence-corrected chi connectivity index (χ0v) is 14.5. The van der Waals surface area contributed by atoms with Crippen molar-refractivity contribution in [2.75, 3.05) is 13.1 Å². The highest BCUT2D eigenvalue weighted by Crippen LogP contribution is 2.42. The Morgan fingerprint density at radius 2 is 1.44 bits per heavy atom. The summed E-state index contributed by atoms with van der Waals surface area (Å²) in [6, 6.07) is 16.9. The first-order chi connectivity index (χ1) is 12.8. The zero-order valence-electron chi connectivity index (χ0n) is 14.5. The summed E-state index contributed by atoms with van der Waals surface area (Å²) in [6.07, 6.45) is -5.08. The van der Waals surface area contributed by atoms with E-state index < -0.39 is 12.1 Å². The van der Waals surface area contributed by atoms with Crippen LogP contribution in [-0.4, -0.2) is 36.2 Å². The smallest absolute Gasteiger partial charge is 0.475 e. The number of amides is 1. The van der Waals surface area contributed by atoms with Crippen molar-refractivity contribution in [2.24, 2.45) is 0 Å². The van der Waals surface area contributed by atoms with Crippen molar-refractivity contribution in [3.8, 4) is 11.1 Å². The molecule has 0 heterocycles. The summed E-state index contributed by atoms with van der Waals surface area (Å²) in [4.78, 5) is 20.5. The van der Waals surface area contributed by atoms with Crippen molar-refractivity contribution in [2.45, 2.75) is 19.1 Å². The average molecular weight is 380 g/mol. The molecule has 0 radical (unpaired) electrons. The van der Waals surface area contributed by atoms with Crippen molar-refractivity contribution in [1.29, 1.82) is 0 Å². The van der Waals surface area contributed by atoms with E-state index >= 15 is 0 Å². The molecule has 0 saturated carbocycles. The molecule has 27 heavy (non-hydrogen) atoms. The number of halogens is 3. The largest absolute Gasteiger partial charge is 0.490 e. The van der Waals surface area contributed by atoms with Crippen LogP contribution in [-0.2, 0) is 9.59 Å². The van der Waals surface area contributed by atoms with Gasteiger partial charge in [0, 0.05) is 6.54 Å². The summed E-state index contributed by atoms with van der Waals surface area (Å²) < 4.78 is 31.7. The van der Waals surface area contributed by atoms with Crippen molar-refractivity contribution < 1.29 is 27.9 Å². The minimum absolute atomic E-state index is 0.0364. The average Bonchev–Trinajstić information content (AvgIpc) is 2.94. The molecule has 0 aliphatic heterocycles. The van der Waals surface area contributed by atoms with Crippen LogP contribution < -0.4 is 10.6 Å². The number of aliphatic carboxylic acids is 1. The van der Waals surface area contributed by atoms with Crippen molar-refractivity contribution in [1.82, 2.24) is 10.6 Å². The molecule has 0 saturated heterocycles. The molecule has 0 bridgehead atoms. The minimum atomic E-state index is -5.08.